The molecule has 3 nitrogen and oxygen atoms in total. The summed E-state index contributed by atoms with van der Waals surface area (Å²) in [6, 6.07) is 8.88. The smallest absolute Gasteiger partial charge is 0.147 e. The minimum atomic E-state index is -0.934. The van der Waals surface area contributed by atoms with E-state index in [4.69, 9.17) is 32.7 Å². The van der Waals surface area contributed by atoms with Crippen LogP contribution in [0, 0.1) is 6.92 Å². The van der Waals surface area contributed by atoms with Gasteiger partial charge in [-0.15, -0.1) is 0 Å². The van der Waals surface area contributed by atoms with Gasteiger partial charge in [0.05, 0.1) is 14.2 Å². The molecule has 0 amide bonds. The average Bonchev–Trinajstić information content (AvgIpc) is 2.46. The van der Waals surface area contributed by atoms with Gasteiger partial charge in [-0.05, 0) is 30.7 Å². The van der Waals surface area contributed by atoms with Crippen molar-refractivity contribution < 1.29 is 14.6 Å². The van der Waals surface area contributed by atoms with E-state index in [-0.39, 0.29) is 0 Å². The second-order valence-electron chi connectivity index (χ2n) is 4.63. The van der Waals surface area contributed by atoms with E-state index < -0.39 is 6.10 Å². The Balaban J connectivity index is 2.52. The number of aliphatic hydroxyl groups is 1. The summed E-state index contributed by atoms with van der Waals surface area (Å²) in [6.45, 7) is 1.94. The topological polar surface area (TPSA) is 38.7 Å². The summed E-state index contributed by atoms with van der Waals surface area (Å²) in [5.41, 5.74) is 2.16. The fraction of sp³-hybridized carbons (Fsp3) is 0.250. The zero-order valence-corrected chi connectivity index (χ0v) is 13.5. The van der Waals surface area contributed by atoms with Crippen LogP contribution in [0.15, 0.2) is 30.3 Å². The summed E-state index contributed by atoms with van der Waals surface area (Å²) in [7, 11) is 3.02. The van der Waals surface area contributed by atoms with E-state index in [1.54, 1.807) is 24.3 Å². The standard InChI is InChI=1S/C16H16Cl2O3/c1-9-4-5-10(12(17)8-9)15(19)11-6-7-13(20-2)14(18)16(11)21-3/h4-8,15,19H,1-3H3. The molecule has 0 bridgehead atoms. The van der Waals surface area contributed by atoms with Crippen molar-refractivity contribution in [3.05, 3.63) is 57.1 Å². The molecule has 0 aliphatic rings. The first-order valence-corrected chi connectivity index (χ1v) is 7.09. The molecule has 1 N–H and O–H groups in total. The second-order valence-corrected chi connectivity index (χ2v) is 5.42. The van der Waals surface area contributed by atoms with Gasteiger partial charge < -0.3 is 14.6 Å². The number of hydrogen-bond acceptors (Lipinski definition) is 3. The predicted molar refractivity (Wildman–Crippen MR) is 84.8 cm³/mol. The van der Waals surface area contributed by atoms with Crippen LogP contribution in [-0.2, 0) is 0 Å². The normalized spacial score (nSPS) is 12.1. The Hall–Kier alpha value is -1.42. The molecule has 2 aromatic carbocycles. The SMILES string of the molecule is COc1ccc(C(O)c2ccc(C)cc2Cl)c(OC)c1Cl. The molecule has 21 heavy (non-hydrogen) atoms. The fourth-order valence-corrected chi connectivity index (χ4v) is 2.82. The Kier molecular flexibility index (Phi) is 4.99. The van der Waals surface area contributed by atoms with Gasteiger partial charge >= 0.3 is 0 Å². The average molecular weight is 327 g/mol. The van der Waals surface area contributed by atoms with Crippen LogP contribution in [-0.4, -0.2) is 19.3 Å². The first-order valence-electron chi connectivity index (χ1n) is 6.34. The maximum atomic E-state index is 10.6. The largest absolute Gasteiger partial charge is 0.495 e. The monoisotopic (exact) mass is 326 g/mol. The Morgan fingerprint density at radius 1 is 1.00 bits per heavy atom. The number of benzene rings is 2. The lowest BCUT2D eigenvalue weighted by Gasteiger charge is -2.18. The number of aliphatic hydroxyl groups excluding tert-OH is 1. The molecule has 0 aliphatic carbocycles. The van der Waals surface area contributed by atoms with Crippen molar-refractivity contribution in [3.63, 3.8) is 0 Å². The van der Waals surface area contributed by atoms with Crippen molar-refractivity contribution in [1.29, 1.82) is 0 Å². The number of rotatable bonds is 4. The van der Waals surface area contributed by atoms with E-state index in [2.05, 4.69) is 0 Å². The Morgan fingerprint density at radius 2 is 1.67 bits per heavy atom. The molecule has 1 atom stereocenters. The number of methoxy groups -OCH3 is 2. The number of hydrogen-bond donors (Lipinski definition) is 1. The third kappa shape index (κ3) is 3.10. The van der Waals surface area contributed by atoms with Crippen molar-refractivity contribution in [2.45, 2.75) is 13.0 Å². The van der Waals surface area contributed by atoms with Crippen LogP contribution in [0.1, 0.15) is 22.8 Å². The van der Waals surface area contributed by atoms with E-state index in [1.807, 2.05) is 13.0 Å². The van der Waals surface area contributed by atoms with Gasteiger partial charge in [0.1, 0.15) is 22.6 Å². The van der Waals surface area contributed by atoms with E-state index in [1.165, 1.54) is 14.2 Å². The Bertz CT molecular complexity index is 656. The lowest BCUT2D eigenvalue weighted by Crippen LogP contribution is -2.04. The molecule has 0 aromatic heterocycles. The molecule has 0 aliphatic heterocycles. The van der Waals surface area contributed by atoms with Gasteiger partial charge in [-0.2, -0.15) is 0 Å². The minimum absolute atomic E-state index is 0.319. The zero-order chi connectivity index (χ0) is 15.6. The predicted octanol–water partition coefficient (Wildman–Crippen LogP) is 4.40. The van der Waals surface area contributed by atoms with Gasteiger partial charge in [0, 0.05) is 16.1 Å². The van der Waals surface area contributed by atoms with Crippen molar-refractivity contribution in [3.8, 4) is 11.5 Å². The molecule has 0 radical (unpaired) electrons. The van der Waals surface area contributed by atoms with Crippen molar-refractivity contribution in [2.24, 2.45) is 0 Å². The summed E-state index contributed by atoms with van der Waals surface area (Å²) in [5, 5.41) is 11.4. The third-order valence-corrected chi connectivity index (χ3v) is 3.95. The van der Waals surface area contributed by atoms with E-state index in [0.717, 1.165) is 5.56 Å². The van der Waals surface area contributed by atoms with Crippen LogP contribution < -0.4 is 9.47 Å². The summed E-state index contributed by atoms with van der Waals surface area (Å²) < 4.78 is 10.5. The van der Waals surface area contributed by atoms with Crippen LogP contribution in [0.3, 0.4) is 0 Å². The highest BCUT2D eigenvalue weighted by atomic mass is 35.5. The highest BCUT2D eigenvalue weighted by molar-refractivity contribution is 6.33. The molecule has 5 heteroatoms. The van der Waals surface area contributed by atoms with Crippen LogP contribution in [0.4, 0.5) is 0 Å². The summed E-state index contributed by atoms with van der Waals surface area (Å²) in [6.07, 6.45) is -0.934. The summed E-state index contributed by atoms with van der Waals surface area (Å²) in [5.74, 6) is 0.861. The molecule has 2 rings (SSSR count). The maximum absolute atomic E-state index is 10.6. The third-order valence-electron chi connectivity index (χ3n) is 3.26. The van der Waals surface area contributed by atoms with E-state index in [0.29, 0.717) is 32.7 Å². The van der Waals surface area contributed by atoms with E-state index >= 15 is 0 Å². The van der Waals surface area contributed by atoms with Gasteiger partial charge in [-0.1, -0.05) is 35.3 Å². The Labute approximate surface area is 134 Å². The first kappa shape index (κ1) is 16.0. The number of ether oxygens (including phenoxy) is 2. The molecule has 0 saturated heterocycles. The molecule has 0 fully saturated rings. The van der Waals surface area contributed by atoms with Gasteiger partial charge in [0.2, 0.25) is 0 Å². The van der Waals surface area contributed by atoms with Crippen LogP contribution in [0.25, 0.3) is 0 Å². The molecule has 0 spiro atoms. The number of aryl methyl sites for hydroxylation is 1. The van der Waals surface area contributed by atoms with Gasteiger partial charge in [0.15, 0.2) is 0 Å². The van der Waals surface area contributed by atoms with Crippen molar-refractivity contribution in [1.82, 2.24) is 0 Å². The highest BCUT2D eigenvalue weighted by Gasteiger charge is 2.22. The van der Waals surface area contributed by atoms with Gasteiger partial charge in [-0.25, -0.2) is 0 Å². The second kappa shape index (κ2) is 6.56. The summed E-state index contributed by atoms with van der Waals surface area (Å²) in [4.78, 5) is 0. The molecule has 112 valence electrons. The zero-order valence-electron chi connectivity index (χ0n) is 12.0. The molecule has 2 aromatic rings. The lowest BCUT2D eigenvalue weighted by atomic mass is 9.99. The first-order chi connectivity index (χ1) is 9.99. The van der Waals surface area contributed by atoms with Crippen molar-refractivity contribution >= 4 is 23.2 Å². The highest BCUT2D eigenvalue weighted by Crippen LogP contribution is 2.42. The molecular formula is C16H16Cl2O3. The summed E-state index contributed by atoms with van der Waals surface area (Å²) >= 11 is 12.4. The minimum Gasteiger partial charge on any atom is -0.495 e. The fourth-order valence-electron chi connectivity index (χ4n) is 2.15. The molecule has 1 unspecified atom stereocenters. The molecule has 0 heterocycles. The van der Waals surface area contributed by atoms with Crippen LogP contribution in [0.5, 0.6) is 11.5 Å². The van der Waals surface area contributed by atoms with Crippen LogP contribution >= 0.6 is 23.2 Å². The molecular weight excluding hydrogens is 311 g/mol. The van der Waals surface area contributed by atoms with Crippen LogP contribution in [0.2, 0.25) is 10.0 Å². The Morgan fingerprint density at radius 3 is 2.24 bits per heavy atom. The lowest BCUT2D eigenvalue weighted by molar-refractivity contribution is 0.214. The van der Waals surface area contributed by atoms with Crippen molar-refractivity contribution in [2.75, 3.05) is 14.2 Å². The maximum Gasteiger partial charge on any atom is 0.147 e. The van der Waals surface area contributed by atoms with Gasteiger partial charge in [-0.3, -0.25) is 0 Å². The quantitative estimate of drug-likeness (QED) is 0.904. The molecule has 0 saturated carbocycles. The number of halogens is 2. The van der Waals surface area contributed by atoms with E-state index in [9.17, 15) is 5.11 Å². The van der Waals surface area contributed by atoms with Gasteiger partial charge in [0.25, 0.3) is 0 Å².